The molecule has 0 spiro atoms. The molecular weight excluding hydrogens is 487 g/mol. The van der Waals surface area contributed by atoms with Gasteiger partial charge >= 0.3 is 18.2 Å². The van der Waals surface area contributed by atoms with Gasteiger partial charge in [0.15, 0.2) is 0 Å². The first-order chi connectivity index (χ1) is 17.4. The van der Waals surface area contributed by atoms with Crippen molar-refractivity contribution in [3.05, 3.63) is 76.5 Å². The number of esters is 1. The molecule has 2 aromatic carbocycles. The van der Waals surface area contributed by atoms with E-state index >= 15 is 0 Å². The number of carbonyl (C=O) groups excluding carboxylic acids is 3. The Balaban J connectivity index is 1.85. The van der Waals surface area contributed by atoms with Gasteiger partial charge in [0.25, 0.3) is 5.91 Å². The second kappa shape index (κ2) is 11.5. The van der Waals surface area contributed by atoms with Crippen LogP contribution in [0, 0.1) is 5.92 Å². The number of hydrogen-bond acceptors (Lipinski definition) is 4. The maximum atomic E-state index is 13.0. The van der Waals surface area contributed by atoms with Crippen molar-refractivity contribution in [2.24, 2.45) is 5.92 Å². The van der Waals surface area contributed by atoms with Crippen LogP contribution in [0.4, 0.5) is 23.7 Å². The van der Waals surface area contributed by atoms with Gasteiger partial charge in [0.05, 0.1) is 23.8 Å². The van der Waals surface area contributed by atoms with Gasteiger partial charge in [-0.25, -0.2) is 9.59 Å². The zero-order valence-electron chi connectivity index (χ0n) is 21.1. The van der Waals surface area contributed by atoms with Crippen LogP contribution in [0.2, 0.25) is 0 Å². The minimum absolute atomic E-state index is 0.132. The predicted octanol–water partition coefficient (Wildman–Crippen LogP) is 5.91. The summed E-state index contributed by atoms with van der Waals surface area (Å²) in [7, 11) is 0. The number of anilines is 1. The highest BCUT2D eigenvalue weighted by Crippen LogP contribution is 2.33. The number of nitrogens with one attached hydrogen (secondary N) is 2. The average Bonchev–Trinajstić information content (AvgIpc) is 2.84. The van der Waals surface area contributed by atoms with Crippen molar-refractivity contribution >= 4 is 23.6 Å². The number of allylic oxidation sites excluding steroid dienone is 1. The predicted molar refractivity (Wildman–Crippen MR) is 133 cm³/mol. The fourth-order valence-electron chi connectivity index (χ4n) is 3.91. The SMILES string of the molecule is CCCN1C(=O)NC(c2ccc(NC(=O)c3cccc(C(F)(F)F)c3)cc2)C(C(=O)OCC(C)C)=C1C. The number of urea groups is 1. The highest BCUT2D eigenvalue weighted by atomic mass is 19.4. The lowest BCUT2D eigenvalue weighted by atomic mass is 9.94. The number of alkyl halides is 3. The van der Waals surface area contributed by atoms with Gasteiger partial charge in [-0.15, -0.1) is 0 Å². The van der Waals surface area contributed by atoms with E-state index in [1.807, 2.05) is 20.8 Å². The molecular formula is C27H30F3N3O4. The molecule has 0 aliphatic carbocycles. The highest BCUT2D eigenvalue weighted by molar-refractivity contribution is 6.04. The molecule has 0 fully saturated rings. The molecule has 1 unspecified atom stereocenters. The molecule has 0 saturated heterocycles. The summed E-state index contributed by atoms with van der Waals surface area (Å²) in [5.74, 6) is -1.10. The summed E-state index contributed by atoms with van der Waals surface area (Å²) >= 11 is 0. The summed E-state index contributed by atoms with van der Waals surface area (Å²) in [4.78, 5) is 39.8. The maximum absolute atomic E-state index is 13.0. The molecule has 0 radical (unpaired) electrons. The molecule has 2 N–H and O–H groups in total. The molecule has 0 aromatic heterocycles. The summed E-state index contributed by atoms with van der Waals surface area (Å²) in [6.07, 6.45) is -3.86. The van der Waals surface area contributed by atoms with Crippen LogP contribution in [0.1, 0.15) is 61.6 Å². The van der Waals surface area contributed by atoms with Gasteiger partial charge in [-0.2, -0.15) is 13.2 Å². The van der Waals surface area contributed by atoms with Crippen LogP contribution in [-0.4, -0.2) is 36.0 Å². The van der Waals surface area contributed by atoms with Crippen LogP contribution in [0.5, 0.6) is 0 Å². The summed E-state index contributed by atoms with van der Waals surface area (Å²) in [6.45, 7) is 8.14. The van der Waals surface area contributed by atoms with E-state index in [0.29, 0.717) is 35.5 Å². The van der Waals surface area contributed by atoms with Crippen molar-refractivity contribution in [1.29, 1.82) is 0 Å². The van der Waals surface area contributed by atoms with E-state index in [1.165, 1.54) is 17.0 Å². The van der Waals surface area contributed by atoms with E-state index in [0.717, 1.165) is 12.1 Å². The molecule has 37 heavy (non-hydrogen) atoms. The Kier molecular flexibility index (Phi) is 8.62. The Morgan fingerprint density at radius 3 is 2.41 bits per heavy atom. The van der Waals surface area contributed by atoms with Gasteiger partial charge in [-0.3, -0.25) is 9.69 Å². The molecule has 0 saturated carbocycles. The molecule has 3 amide bonds. The third-order valence-corrected chi connectivity index (χ3v) is 5.77. The van der Waals surface area contributed by atoms with E-state index in [2.05, 4.69) is 10.6 Å². The van der Waals surface area contributed by atoms with E-state index < -0.39 is 29.7 Å². The molecule has 1 atom stereocenters. The average molecular weight is 518 g/mol. The molecule has 1 heterocycles. The van der Waals surface area contributed by atoms with Crippen LogP contribution >= 0.6 is 0 Å². The summed E-state index contributed by atoms with van der Waals surface area (Å²) in [5.41, 5.74) is 0.687. The lowest BCUT2D eigenvalue weighted by Gasteiger charge is -2.35. The van der Waals surface area contributed by atoms with Crippen molar-refractivity contribution in [3.8, 4) is 0 Å². The number of hydrogen-bond donors (Lipinski definition) is 2. The van der Waals surface area contributed by atoms with Gasteiger partial charge < -0.3 is 15.4 Å². The monoisotopic (exact) mass is 517 g/mol. The van der Waals surface area contributed by atoms with Gasteiger partial charge in [0, 0.05) is 23.5 Å². The summed E-state index contributed by atoms with van der Waals surface area (Å²) in [5, 5.41) is 5.43. The highest BCUT2D eigenvalue weighted by Gasteiger charge is 2.36. The molecule has 3 rings (SSSR count). The van der Waals surface area contributed by atoms with Gasteiger partial charge in [0.2, 0.25) is 0 Å². The van der Waals surface area contributed by atoms with Gasteiger partial charge in [0.1, 0.15) is 0 Å². The Morgan fingerprint density at radius 2 is 1.81 bits per heavy atom. The van der Waals surface area contributed by atoms with Gasteiger partial charge in [-0.05, 0) is 55.2 Å². The van der Waals surface area contributed by atoms with Crippen molar-refractivity contribution in [1.82, 2.24) is 10.2 Å². The normalized spacial score (nSPS) is 16.1. The minimum Gasteiger partial charge on any atom is -0.462 e. The van der Waals surface area contributed by atoms with E-state index in [9.17, 15) is 27.6 Å². The van der Waals surface area contributed by atoms with Crippen LogP contribution < -0.4 is 10.6 Å². The lowest BCUT2D eigenvalue weighted by molar-refractivity contribution is -0.141. The number of benzene rings is 2. The summed E-state index contributed by atoms with van der Waals surface area (Å²) < 4.78 is 44.4. The second-order valence-corrected chi connectivity index (χ2v) is 9.18. The number of carbonyl (C=O) groups is 3. The Morgan fingerprint density at radius 1 is 1.14 bits per heavy atom. The zero-order chi connectivity index (χ0) is 27.3. The molecule has 1 aliphatic heterocycles. The first-order valence-electron chi connectivity index (χ1n) is 12.0. The fraction of sp³-hybridized carbons (Fsp3) is 0.370. The standard InChI is InChI=1S/C27H30F3N3O4/c1-5-13-33-17(4)22(25(35)37-15-16(2)3)23(32-26(33)36)18-9-11-21(12-10-18)31-24(34)19-7-6-8-20(14-19)27(28,29)30/h6-12,14,16,23H,5,13,15H2,1-4H3,(H,31,34)(H,32,36). The fourth-order valence-corrected chi connectivity index (χ4v) is 3.91. The van der Waals surface area contributed by atoms with Crippen LogP contribution in [0.25, 0.3) is 0 Å². The number of nitrogens with zero attached hydrogens (tertiary/aromatic N) is 1. The van der Waals surface area contributed by atoms with Crippen molar-refractivity contribution in [2.75, 3.05) is 18.5 Å². The Bertz CT molecular complexity index is 1190. The van der Waals surface area contributed by atoms with Gasteiger partial charge in [-0.1, -0.05) is 39.0 Å². The molecule has 7 nitrogen and oxygen atoms in total. The minimum atomic E-state index is -4.56. The summed E-state index contributed by atoms with van der Waals surface area (Å²) in [6, 6.07) is 9.40. The van der Waals surface area contributed by atoms with E-state index in [1.54, 1.807) is 31.2 Å². The first-order valence-corrected chi connectivity index (χ1v) is 12.0. The van der Waals surface area contributed by atoms with E-state index in [-0.39, 0.29) is 24.1 Å². The zero-order valence-corrected chi connectivity index (χ0v) is 21.1. The van der Waals surface area contributed by atoms with Crippen molar-refractivity contribution in [3.63, 3.8) is 0 Å². The first kappa shape index (κ1) is 27.8. The number of rotatable bonds is 8. The van der Waals surface area contributed by atoms with Crippen LogP contribution in [0.15, 0.2) is 59.8 Å². The van der Waals surface area contributed by atoms with Crippen molar-refractivity contribution in [2.45, 2.75) is 46.3 Å². The lowest BCUT2D eigenvalue weighted by Crippen LogP contribution is -2.48. The molecule has 10 heteroatoms. The quantitative estimate of drug-likeness (QED) is 0.427. The second-order valence-electron chi connectivity index (χ2n) is 9.18. The van der Waals surface area contributed by atoms with Crippen LogP contribution in [0.3, 0.4) is 0 Å². The third kappa shape index (κ3) is 6.69. The van der Waals surface area contributed by atoms with Crippen LogP contribution in [-0.2, 0) is 15.7 Å². The Labute approximate surface area is 213 Å². The van der Waals surface area contributed by atoms with E-state index in [4.69, 9.17) is 4.74 Å². The molecule has 198 valence electrons. The molecule has 0 bridgehead atoms. The smallest absolute Gasteiger partial charge is 0.416 e. The third-order valence-electron chi connectivity index (χ3n) is 5.77. The Hall–Kier alpha value is -3.82. The number of amides is 3. The number of halogens is 3. The molecule has 2 aromatic rings. The topological polar surface area (TPSA) is 87.7 Å². The largest absolute Gasteiger partial charge is 0.462 e. The maximum Gasteiger partial charge on any atom is 0.416 e. The number of ether oxygens (including phenoxy) is 1. The molecule has 1 aliphatic rings. The van der Waals surface area contributed by atoms with Crippen molar-refractivity contribution < 1.29 is 32.3 Å².